The van der Waals surface area contributed by atoms with E-state index in [1.165, 1.54) is 19.2 Å². The van der Waals surface area contributed by atoms with Crippen LogP contribution in [0.1, 0.15) is 26.0 Å². The SMILES string of the molecule is C[n+]1c(N)c(-c2ccc(OC[C@H](O/N=C(\C(=O)N[C@@H]3C(=O)N(OS(=O)(=O)O)C3(C)C)c3csc(N)n3)C(=O)O)cc2)cn1CCCN. The molecule has 19 nitrogen and oxygen atoms in total. The van der Waals surface area contributed by atoms with E-state index >= 15 is 0 Å². The number of benzene rings is 1. The van der Waals surface area contributed by atoms with Crippen LogP contribution in [0.25, 0.3) is 11.1 Å². The molecule has 47 heavy (non-hydrogen) atoms. The summed E-state index contributed by atoms with van der Waals surface area (Å²) < 4.78 is 44.8. The Morgan fingerprint density at radius 1 is 1.26 bits per heavy atom. The van der Waals surface area contributed by atoms with Gasteiger partial charge in [0.1, 0.15) is 31.1 Å². The van der Waals surface area contributed by atoms with Crippen molar-refractivity contribution in [3.05, 3.63) is 41.5 Å². The van der Waals surface area contributed by atoms with Gasteiger partial charge in [-0.05, 0) is 44.5 Å². The fourth-order valence-electron chi connectivity index (χ4n) is 4.49. The lowest BCUT2D eigenvalue weighted by Crippen LogP contribution is -2.76. The van der Waals surface area contributed by atoms with E-state index in [9.17, 15) is 27.9 Å². The molecule has 0 saturated carbocycles. The van der Waals surface area contributed by atoms with Crippen LogP contribution in [0.3, 0.4) is 0 Å². The number of anilines is 2. The normalized spacial score (nSPS) is 16.8. The molecule has 2 aromatic heterocycles. The first-order valence-corrected chi connectivity index (χ1v) is 16.1. The van der Waals surface area contributed by atoms with Gasteiger partial charge in [0, 0.05) is 5.38 Å². The highest BCUT2D eigenvalue weighted by Gasteiger charge is 2.58. The average molecular weight is 697 g/mol. The van der Waals surface area contributed by atoms with E-state index in [0.29, 0.717) is 29.7 Å². The van der Waals surface area contributed by atoms with Crippen molar-refractivity contribution in [3.8, 4) is 16.9 Å². The number of nitrogen functional groups attached to an aromatic ring is 2. The van der Waals surface area contributed by atoms with Crippen molar-refractivity contribution in [2.75, 3.05) is 24.6 Å². The molecule has 4 rings (SSSR count). The zero-order chi connectivity index (χ0) is 34.7. The zero-order valence-electron chi connectivity index (χ0n) is 25.4. The monoisotopic (exact) mass is 696 g/mol. The van der Waals surface area contributed by atoms with Crippen LogP contribution in [0.4, 0.5) is 10.9 Å². The van der Waals surface area contributed by atoms with Gasteiger partial charge in [-0.25, -0.2) is 14.5 Å². The molecule has 21 heteroatoms. The van der Waals surface area contributed by atoms with Crippen LogP contribution in [0.2, 0.25) is 0 Å². The number of nitrogens with two attached hydrogens (primary N) is 3. The van der Waals surface area contributed by atoms with Crippen molar-refractivity contribution in [1.29, 1.82) is 0 Å². The molecule has 1 saturated heterocycles. The van der Waals surface area contributed by atoms with E-state index in [0.717, 1.165) is 28.9 Å². The van der Waals surface area contributed by atoms with Crippen LogP contribution >= 0.6 is 11.3 Å². The van der Waals surface area contributed by atoms with Gasteiger partial charge in [-0.3, -0.25) is 19.9 Å². The summed E-state index contributed by atoms with van der Waals surface area (Å²) in [4.78, 5) is 46.9. The van der Waals surface area contributed by atoms with E-state index in [1.54, 1.807) is 24.3 Å². The summed E-state index contributed by atoms with van der Waals surface area (Å²) in [6.07, 6.45) is 0.990. The molecule has 0 aliphatic carbocycles. The summed E-state index contributed by atoms with van der Waals surface area (Å²) in [6, 6.07) is 5.42. The van der Waals surface area contributed by atoms with Crippen LogP contribution in [0.15, 0.2) is 41.0 Å². The first kappa shape index (κ1) is 35.0. The number of oxime groups is 1. The third-order valence-corrected chi connectivity index (χ3v) is 8.10. The lowest BCUT2D eigenvalue weighted by Gasteiger charge is -2.50. The van der Waals surface area contributed by atoms with Crippen molar-refractivity contribution in [3.63, 3.8) is 0 Å². The lowest BCUT2D eigenvalue weighted by molar-refractivity contribution is -0.740. The number of hydroxylamine groups is 2. The minimum atomic E-state index is -5.02. The lowest BCUT2D eigenvalue weighted by atomic mass is 9.84. The maximum absolute atomic E-state index is 13.2. The third kappa shape index (κ3) is 7.94. The number of aliphatic carboxylic acids is 1. The van der Waals surface area contributed by atoms with E-state index in [2.05, 4.69) is 19.7 Å². The molecule has 3 aromatic rings. The Labute approximate surface area is 272 Å². The van der Waals surface area contributed by atoms with Gasteiger partial charge in [-0.1, -0.05) is 17.3 Å². The second-order valence-corrected chi connectivity index (χ2v) is 12.6. The highest BCUT2D eigenvalue weighted by atomic mass is 32.3. The second-order valence-electron chi connectivity index (χ2n) is 10.7. The van der Waals surface area contributed by atoms with Gasteiger partial charge < -0.3 is 31.5 Å². The molecule has 0 spiro atoms. The summed E-state index contributed by atoms with van der Waals surface area (Å²) in [6.45, 7) is 3.43. The van der Waals surface area contributed by atoms with Crippen molar-refractivity contribution in [2.24, 2.45) is 17.9 Å². The van der Waals surface area contributed by atoms with Crippen LogP contribution in [0, 0.1) is 0 Å². The van der Waals surface area contributed by atoms with Crippen LogP contribution in [0.5, 0.6) is 5.75 Å². The fourth-order valence-corrected chi connectivity index (χ4v) is 5.49. The van der Waals surface area contributed by atoms with Crippen molar-refractivity contribution < 1.29 is 51.0 Å². The number of carbonyl (C=O) groups is 3. The largest absolute Gasteiger partial charge is 0.489 e. The summed E-state index contributed by atoms with van der Waals surface area (Å²) in [5.41, 5.74) is 17.1. The van der Waals surface area contributed by atoms with E-state index in [1.807, 2.05) is 22.6 Å². The first-order chi connectivity index (χ1) is 22.0. The minimum absolute atomic E-state index is 0.0532. The topological polar surface area (TPSA) is 281 Å². The number of carbonyl (C=O) groups excluding carboxylic acids is 2. The van der Waals surface area contributed by atoms with Gasteiger partial charge in [0.2, 0.25) is 0 Å². The number of aromatic nitrogens is 3. The number of nitrogens with one attached hydrogen (secondary N) is 1. The van der Waals surface area contributed by atoms with Crippen molar-refractivity contribution in [1.82, 2.24) is 20.0 Å². The number of ether oxygens (including phenoxy) is 1. The number of hydrogen-bond acceptors (Lipinski definition) is 14. The number of rotatable bonds is 15. The van der Waals surface area contributed by atoms with Crippen LogP contribution in [-0.4, -0.2) is 87.1 Å². The third-order valence-electron chi connectivity index (χ3n) is 7.09. The Morgan fingerprint density at radius 3 is 2.49 bits per heavy atom. The smallest absolute Gasteiger partial charge is 0.418 e. The van der Waals surface area contributed by atoms with E-state index < -0.39 is 58.2 Å². The zero-order valence-corrected chi connectivity index (χ0v) is 27.0. The molecule has 1 aromatic carbocycles. The Hall–Kier alpha value is -4.83. The first-order valence-electron chi connectivity index (χ1n) is 13.8. The standard InChI is InChI=1S/C26H33N9O10S2/c1-26(2)20(23(37)35(26)45-47(40,41)42)31-22(36)19(17-13-46-25(29)30-17)32-44-18(24(38)39)12-43-15-7-5-14(6-8-15)16-11-34(10-4-9-27)33(3)21(16)28/h5-8,11,13,18,20,28H,4,9-10,12,27H2,1-3H3,(H5,29,30,31,36,38,39,40,41,42)/p+1/b32-19-/t18-,20+/m0/s1. The summed E-state index contributed by atoms with van der Waals surface area (Å²) in [7, 11) is -3.18. The summed E-state index contributed by atoms with van der Waals surface area (Å²) in [5.74, 6) is -2.63. The summed E-state index contributed by atoms with van der Waals surface area (Å²) >= 11 is 0.954. The van der Waals surface area contributed by atoms with E-state index in [-0.39, 0.29) is 10.8 Å². The van der Waals surface area contributed by atoms with Gasteiger partial charge in [-0.15, -0.1) is 15.6 Å². The Kier molecular flexibility index (Phi) is 10.3. The van der Waals surface area contributed by atoms with E-state index in [4.69, 9.17) is 31.3 Å². The quantitative estimate of drug-likeness (QED) is 0.0367. The molecule has 0 unspecified atom stereocenters. The number of hydrogen-bond donors (Lipinski definition) is 6. The molecular weight excluding hydrogens is 662 g/mol. The highest BCUT2D eigenvalue weighted by Crippen LogP contribution is 2.33. The van der Waals surface area contributed by atoms with Gasteiger partial charge in [0.25, 0.3) is 17.9 Å². The number of thiazole rings is 1. The maximum Gasteiger partial charge on any atom is 0.418 e. The molecular formula is C26H34N9O10S2+. The number of aryl methyl sites for hydroxylation is 1. The number of carboxylic acids is 1. The highest BCUT2D eigenvalue weighted by molar-refractivity contribution is 7.80. The summed E-state index contributed by atoms with van der Waals surface area (Å²) in [5, 5.41) is 17.6. The second kappa shape index (κ2) is 13.9. The predicted molar refractivity (Wildman–Crippen MR) is 166 cm³/mol. The van der Waals surface area contributed by atoms with Gasteiger partial charge in [0.15, 0.2) is 10.8 Å². The number of β-lactam (4-membered cyclic amide) rings is 1. The Bertz CT molecular complexity index is 1790. The van der Waals surface area contributed by atoms with Crippen molar-refractivity contribution in [2.45, 2.75) is 44.5 Å². The molecule has 1 aliphatic rings. The minimum Gasteiger partial charge on any atom is -0.489 e. The number of amides is 2. The van der Waals surface area contributed by atoms with Gasteiger partial charge >= 0.3 is 22.2 Å². The maximum atomic E-state index is 13.2. The average Bonchev–Trinajstić information content (AvgIpc) is 3.56. The molecule has 1 fully saturated rings. The fraction of sp³-hybridized carbons (Fsp3) is 0.385. The molecule has 3 heterocycles. The molecule has 0 radical (unpaired) electrons. The van der Waals surface area contributed by atoms with Gasteiger partial charge in [-0.2, -0.15) is 18.2 Å². The molecule has 1 aliphatic heterocycles. The molecule has 2 amide bonds. The molecule has 0 bridgehead atoms. The predicted octanol–water partition coefficient (Wildman–Crippen LogP) is -0.958. The Morgan fingerprint density at radius 2 is 1.94 bits per heavy atom. The van der Waals surface area contributed by atoms with Gasteiger partial charge in [0.05, 0.1) is 23.8 Å². The number of nitrogens with zero attached hydrogens (tertiary/aromatic N) is 5. The molecule has 254 valence electrons. The Balaban J connectivity index is 1.46. The van der Waals surface area contributed by atoms with Crippen molar-refractivity contribution >= 4 is 56.2 Å². The molecule has 9 N–H and O–H groups in total. The van der Waals surface area contributed by atoms with Crippen LogP contribution in [-0.2, 0) is 47.5 Å². The molecule has 2 atom stereocenters. The van der Waals surface area contributed by atoms with Crippen LogP contribution < -0.4 is 31.9 Å². The number of carboxylic acid groups (broad SMARTS) is 1.